The van der Waals surface area contributed by atoms with Gasteiger partial charge in [-0.15, -0.1) is 0 Å². The molecule has 2 heterocycles. The fourth-order valence-electron chi connectivity index (χ4n) is 2.87. The van der Waals surface area contributed by atoms with Crippen molar-refractivity contribution in [1.82, 2.24) is 14.5 Å². The second kappa shape index (κ2) is 7.81. The van der Waals surface area contributed by atoms with Gasteiger partial charge in [0.25, 0.3) is 11.5 Å². The first-order valence-electron chi connectivity index (χ1n) is 8.37. The van der Waals surface area contributed by atoms with Crippen LogP contribution in [0.5, 0.6) is 0 Å². The van der Waals surface area contributed by atoms with E-state index in [1.807, 2.05) is 6.07 Å². The minimum Gasteiger partial charge on any atom is -0.446 e. The Kier molecular flexibility index (Phi) is 5.31. The SMILES string of the molecule is O=C(Cn1ccc(=O)[nH]c1=O)O[C@@H](C(=O)N1CCCC1)c1ccccc1. The van der Waals surface area contributed by atoms with E-state index < -0.39 is 29.9 Å². The summed E-state index contributed by atoms with van der Waals surface area (Å²) in [5.41, 5.74) is -0.686. The number of carbonyl (C=O) groups excluding carboxylic acids is 2. The third-order valence-corrected chi connectivity index (χ3v) is 4.19. The molecule has 136 valence electrons. The lowest BCUT2D eigenvalue weighted by atomic mass is 10.1. The maximum absolute atomic E-state index is 12.8. The lowest BCUT2D eigenvalue weighted by Crippen LogP contribution is -2.36. The first-order valence-corrected chi connectivity index (χ1v) is 8.37. The van der Waals surface area contributed by atoms with Gasteiger partial charge in [0.2, 0.25) is 6.10 Å². The summed E-state index contributed by atoms with van der Waals surface area (Å²) in [6.45, 7) is 0.879. The smallest absolute Gasteiger partial charge is 0.328 e. The largest absolute Gasteiger partial charge is 0.446 e. The number of hydrogen-bond donors (Lipinski definition) is 1. The van der Waals surface area contributed by atoms with Crippen molar-refractivity contribution < 1.29 is 14.3 Å². The predicted octanol–water partition coefficient (Wildman–Crippen LogP) is 0.443. The van der Waals surface area contributed by atoms with E-state index in [2.05, 4.69) is 4.98 Å². The number of hydrogen-bond acceptors (Lipinski definition) is 5. The van der Waals surface area contributed by atoms with Crippen LogP contribution in [0.15, 0.2) is 52.2 Å². The van der Waals surface area contributed by atoms with E-state index in [9.17, 15) is 19.2 Å². The highest BCUT2D eigenvalue weighted by atomic mass is 16.5. The van der Waals surface area contributed by atoms with Gasteiger partial charge >= 0.3 is 11.7 Å². The molecular weight excluding hydrogens is 338 g/mol. The average Bonchev–Trinajstić information content (AvgIpc) is 3.17. The molecule has 8 nitrogen and oxygen atoms in total. The van der Waals surface area contributed by atoms with Crippen LogP contribution in [0.2, 0.25) is 0 Å². The number of ether oxygens (including phenoxy) is 1. The fourth-order valence-corrected chi connectivity index (χ4v) is 2.87. The molecule has 0 saturated carbocycles. The molecule has 0 unspecified atom stereocenters. The molecular formula is C18H19N3O5. The fraction of sp³-hybridized carbons (Fsp3) is 0.333. The van der Waals surface area contributed by atoms with Crippen molar-refractivity contribution in [1.29, 1.82) is 0 Å². The number of likely N-dealkylation sites (tertiary alicyclic amines) is 1. The Balaban J connectivity index is 1.78. The van der Waals surface area contributed by atoms with Crippen LogP contribution in [0.3, 0.4) is 0 Å². The van der Waals surface area contributed by atoms with E-state index in [-0.39, 0.29) is 5.91 Å². The molecule has 0 spiro atoms. The number of aromatic nitrogens is 2. The van der Waals surface area contributed by atoms with Gasteiger partial charge in [-0.25, -0.2) is 4.79 Å². The summed E-state index contributed by atoms with van der Waals surface area (Å²) in [6, 6.07) is 9.91. The van der Waals surface area contributed by atoms with Crippen LogP contribution >= 0.6 is 0 Å². The average molecular weight is 357 g/mol. The Bertz CT molecular complexity index is 897. The monoisotopic (exact) mass is 357 g/mol. The molecule has 1 aliphatic rings. The normalized spacial score (nSPS) is 14.8. The molecule has 3 rings (SSSR count). The number of aromatic amines is 1. The van der Waals surface area contributed by atoms with E-state index in [0.29, 0.717) is 18.7 Å². The topological polar surface area (TPSA) is 101 Å². The standard InChI is InChI=1S/C18H19N3O5/c22-14-8-11-21(18(25)19-14)12-15(23)26-16(13-6-2-1-3-7-13)17(24)20-9-4-5-10-20/h1-3,6-8,11,16H,4-5,9-10,12H2,(H,19,22,25)/t16-/m1/s1. The highest BCUT2D eigenvalue weighted by Gasteiger charge is 2.30. The van der Waals surface area contributed by atoms with Gasteiger partial charge in [-0.05, 0) is 12.8 Å². The molecule has 1 N–H and O–H groups in total. The van der Waals surface area contributed by atoms with Crippen molar-refractivity contribution in [3.8, 4) is 0 Å². The summed E-state index contributed by atoms with van der Waals surface area (Å²) in [6.07, 6.45) is 2.00. The number of esters is 1. The quantitative estimate of drug-likeness (QED) is 0.783. The lowest BCUT2D eigenvalue weighted by Gasteiger charge is -2.23. The number of nitrogens with one attached hydrogen (secondary N) is 1. The number of rotatable bonds is 5. The molecule has 0 aliphatic carbocycles. The van der Waals surface area contributed by atoms with Crippen LogP contribution < -0.4 is 11.2 Å². The van der Waals surface area contributed by atoms with Crippen LogP contribution in [-0.2, 0) is 20.9 Å². The zero-order valence-corrected chi connectivity index (χ0v) is 14.1. The summed E-state index contributed by atoms with van der Waals surface area (Å²) >= 11 is 0. The number of H-pyrrole nitrogens is 1. The summed E-state index contributed by atoms with van der Waals surface area (Å²) < 4.78 is 6.44. The number of benzene rings is 1. The van der Waals surface area contributed by atoms with E-state index in [1.165, 1.54) is 6.20 Å². The van der Waals surface area contributed by atoms with E-state index in [0.717, 1.165) is 23.5 Å². The Morgan fingerprint density at radius 1 is 1.08 bits per heavy atom. The summed E-state index contributed by atoms with van der Waals surface area (Å²) in [4.78, 5) is 51.6. The van der Waals surface area contributed by atoms with Crippen molar-refractivity contribution in [2.24, 2.45) is 0 Å². The van der Waals surface area contributed by atoms with Gasteiger partial charge in [0, 0.05) is 30.9 Å². The van der Waals surface area contributed by atoms with Crippen LogP contribution in [0, 0.1) is 0 Å². The van der Waals surface area contributed by atoms with Gasteiger partial charge in [0.05, 0.1) is 0 Å². The van der Waals surface area contributed by atoms with Crippen molar-refractivity contribution >= 4 is 11.9 Å². The minimum atomic E-state index is -1.06. The third kappa shape index (κ3) is 4.08. The number of amides is 1. The summed E-state index contributed by atoms with van der Waals surface area (Å²) in [5, 5.41) is 0. The molecule has 1 fully saturated rings. The van der Waals surface area contributed by atoms with Crippen molar-refractivity contribution in [3.63, 3.8) is 0 Å². The van der Waals surface area contributed by atoms with Gasteiger partial charge in [-0.1, -0.05) is 30.3 Å². The van der Waals surface area contributed by atoms with E-state index in [1.54, 1.807) is 29.2 Å². The Morgan fingerprint density at radius 3 is 2.42 bits per heavy atom. The summed E-state index contributed by atoms with van der Waals surface area (Å²) in [5.74, 6) is -1.00. The Labute approximate surface area is 149 Å². The van der Waals surface area contributed by atoms with Crippen LogP contribution in [0.4, 0.5) is 0 Å². The van der Waals surface area contributed by atoms with Crippen LogP contribution in [-0.4, -0.2) is 39.4 Å². The molecule has 1 aromatic carbocycles. The van der Waals surface area contributed by atoms with Gasteiger partial charge in [-0.3, -0.25) is 23.9 Å². The summed E-state index contributed by atoms with van der Waals surface area (Å²) in [7, 11) is 0. The molecule has 1 amide bonds. The third-order valence-electron chi connectivity index (χ3n) is 4.19. The zero-order chi connectivity index (χ0) is 18.5. The van der Waals surface area contributed by atoms with Crippen molar-refractivity contribution in [2.75, 3.05) is 13.1 Å². The van der Waals surface area contributed by atoms with Crippen LogP contribution in [0.1, 0.15) is 24.5 Å². The highest BCUT2D eigenvalue weighted by Crippen LogP contribution is 2.23. The molecule has 1 aliphatic heterocycles. The van der Waals surface area contributed by atoms with Crippen LogP contribution in [0.25, 0.3) is 0 Å². The number of carbonyl (C=O) groups is 2. The highest BCUT2D eigenvalue weighted by molar-refractivity contribution is 5.85. The predicted molar refractivity (Wildman–Crippen MR) is 92.4 cm³/mol. The molecule has 0 radical (unpaired) electrons. The molecule has 2 aromatic rings. The molecule has 8 heteroatoms. The number of nitrogens with zero attached hydrogens (tertiary/aromatic N) is 2. The first-order chi connectivity index (χ1) is 12.5. The minimum absolute atomic E-state index is 0.268. The Morgan fingerprint density at radius 2 is 1.77 bits per heavy atom. The van der Waals surface area contributed by atoms with E-state index in [4.69, 9.17) is 4.74 Å². The molecule has 0 bridgehead atoms. The second-order valence-corrected chi connectivity index (χ2v) is 6.05. The van der Waals surface area contributed by atoms with Gasteiger partial charge in [-0.2, -0.15) is 0 Å². The maximum Gasteiger partial charge on any atom is 0.328 e. The van der Waals surface area contributed by atoms with Gasteiger partial charge in [0.15, 0.2) is 0 Å². The maximum atomic E-state index is 12.8. The van der Waals surface area contributed by atoms with Gasteiger partial charge < -0.3 is 9.64 Å². The lowest BCUT2D eigenvalue weighted by molar-refractivity contribution is -0.161. The first kappa shape index (κ1) is 17.7. The molecule has 26 heavy (non-hydrogen) atoms. The molecule has 1 atom stereocenters. The van der Waals surface area contributed by atoms with Gasteiger partial charge in [0.1, 0.15) is 6.54 Å². The molecule has 1 aromatic heterocycles. The van der Waals surface area contributed by atoms with Crippen molar-refractivity contribution in [3.05, 3.63) is 69.0 Å². The zero-order valence-electron chi connectivity index (χ0n) is 14.1. The van der Waals surface area contributed by atoms with Crippen molar-refractivity contribution in [2.45, 2.75) is 25.5 Å². The van der Waals surface area contributed by atoms with E-state index >= 15 is 0 Å². The molecule has 1 saturated heterocycles. The second-order valence-electron chi connectivity index (χ2n) is 6.05. The Hall–Kier alpha value is -3.16.